The molecule has 0 rings (SSSR count). The SMILES string of the molecule is CCN(CC)CCCC(C)NC(=O)NCC(C)(C)C(=O)O. The predicted molar refractivity (Wildman–Crippen MR) is 84.4 cm³/mol. The van der Waals surface area contributed by atoms with Gasteiger partial charge in [0.15, 0.2) is 0 Å². The van der Waals surface area contributed by atoms with E-state index in [2.05, 4.69) is 29.4 Å². The summed E-state index contributed by atoms with van der Waals surface area (Å²) in [5, 5.41) is 14.4. The summed E-state index contributed by atoms with van der Waals surface area (Å²) in [7, 11) is 0. The van der Waals surface area contributed by atoms with E-state index in [0.29, 0.717) is 0 Å². The van der Waals surface area contributed by atoms with Gasteiger partial charge in [-0.15, -0.1) is 0 Å². The van der Waals surface area contributed by atoms with Crippen molar-refractivity contribution in [2.24, 2.45) is 5.41 Å². The summed E-state index contributed by atoms with van der Waals surface area (Å²) >= 11 is 0. The number of hydrogen-bond acceptors (Lipinski definition) is 3. The number of amides is 2. The highest BCUT2D eigenvalue weighted by Gasteiger charge is 2.27. The van der Waals surface area contributed by atoms with Crippen LogP contribution in [-0.2, 0) is 4.79 Å². The van der Waals surface area contributed by atoms with Crippen LogP contribution in [0.1, 0.15) is 47.5 Å². The molecule has 0 spiro atoms. The maximum atomic E-state index is 11.7. The monoisotopic (exact) mass is 301 g/mol. The van der Waals surface area contributed by atoms with Crippen LogP contribution in [0.4, 0.5) is 4.79 Å². The molecule has 0 saturated carbocycles. The van der Waals surface area contributed by atoms with Gasteiger partial charge in [-0.1, -0.05) is 13.8 Å². The molecule has 0 aliphatic rings. The minimum absolute atomic E-state index is 0.0773. The molecular weight excluding hydrogens is 270 g/mol. The van der Waals surface area contributed by atoms with Gasteiger partial charge in [0, 0.05) is 12.6 Å². The number of nitrogens with zero attached hydrogens (tertiary/aromatic N) is 1. The lowest BCUT2D eigenvalue weighted by molar-refractivity contribution is -0.146. The molecule has 6 nitrogen and oxygen atoms in total. The highest BCUT2D eigenvalue weighted by atomic mass is 16.4. The molecule has 0 heterocycles. The lowest BCUT2D eigenvalue weighted by atomic mass is 9.94. The van der Waals surface area contributed by atoms with E-state index in [1.165, 1.54) is 0 Å². The summed E-state index contributed by atoms with van der Waals surface area (Å²) in [6, 6.07) is -0.229. The molecule has 0 aromatic heterocycles. The van der Waals surface area contributed by atoms with E-state index in [9.17, 15) is 9.59 Å². The highest BCUT2D eigenvalue weighted by molar-refractivity contribution is 5.77. The van der Waals surface area contributed by atoms with Crippen LogP contribution >= 0.6 is 0 Å². The van der Waals surface area contributed by atoms with Gasteiger partial charge in [0.05, 0.1) is 5.41 Å². The Labute approximate surface area is 128 Å². The Morgan fingerprint density at radius 2 is 1.81 bits per heavy atom. The summed E-state index contributed by atoms with van der Waals surface area (Å²) in [6.07, 6.45) is 1.94. The maximum Gasteiger partial charge on any atom is 0.315 e. The zero-order valence-corrected chi connectivity index (χ0v) is 14.0. The molecule has 124 valence electrons. The lowest BCUT2D eigenvalue weighted by Crippen LogP contribution is -2.46. The first-order chi connectivity index (χ1) is 9.72. The Morgan fingerprint density at radius 1 is 1.24 bits per heavy atom. The number of carbonyl (C=O) groups excluding carboxylic acids is 1. The largest absolute Gasteiger partial charge is 0.481 e. The number of carboxylic acids is 1. The van der Waals surface area contributed by atoms with Crippen molar-refractivity contribution in [3.8, 4) is 0 Å². The van der Waals surface area contributed by atoms with Crippen molar-refractivity contribution in [2.75, 3.05) is 26.2 Å². The minimum Gasteiger partial charge on any atom is -0.481 e. The van der Waals surface area contributed by atoms with Gasteiger partial charge in [0.1, 0.15) is 0 Å². The molecular formula is C15H31N3O3. The van der Waals surface area contributed by atoms with Crippen LogP contribution in [0.3, 0.4) is 0 Å². The van der Waals surface area contributed by atoms with E-state index in [0.717, 1.165) is 32.5 Å². The van der Waals surface area contributed by atoms with Gasteiger partial charge in [0.2, 0.25) is 0 Å². The van der Waals surface area contributed by atoms with Crippen molar-refractivity contribution >= 4 is 12.0 Å². The van der Waals surface area contributed by atoms with Crippen molar-refractivity contribution in [1.82, 2.24) is 15.5 Å². The van der Waals surface area contributed by atoms with Crippen LogP contribution in [0.5, 0.6) is 0 Å². The van der Waals surface area contributed by atoms with E-state index < -0.39 is 11.4 Å². The fourth-order valence-corrected chi connectivity index (χ4v) is 1.88. The van der Waals surface area contributed by atoms with E-state index >= 15 is 0 Å². The Kier molecular flexibility index (Phi) is 9.01. The molecule has 0 saturated heterocycles. The smallest absolute Gasteiger partial charge is 0.315 e. The highest BCUT2D eigenvalue weighted by Crippen LogP contribution is 2.12. The molecule has 0 bridgehead atoms. The standard InChI is InChI=1S/C15H31N3O3/c1-6-18(7-2)10-8-9-12(3)17-14(21)16-11-15(4,5)13(19)20/h12H,6-11H2,1-5H3,(H,19,20)(H2,16,17,21). The summed E-state index contributed by atoms with van der Waals surface area (Å²) in [6.45, 7) is 12.7. The van der Waals surface area contributed by atoms with Crippen molar-refractivity contribution in [3.05, 3.63) is 0 Å². The van der Waals surface area contributed by atoms with E-state index in [4.69, 9.17) is 5.11 Å². The first-order valence-corrected chi connectivity index (χ1v) is 7.73. The van der Waals surface area contributed by atoms with Crippen LogP contribution in [0.2, 0.25) is 0 Å². The average Bonchev–Trinajstić information content (AvgIpc) is 2.41. The van der Waals surface area contributed by atoms with Gasteiger partial charge in [0.25, 0.3) is 0 Å². The van der Waals surface area contributed by atoms with Crippen LogP contribution in [0, 0.1) is 5.41 Å². The molecule has 2 amide bonds. The molecule has 6 heteroatoms. The minimum atomic E-state index is -0.955. The quantitative estimate of drug-likeness (QED) is 0.575. The van der Waals surface area contributed by atoms with E-state index in [1.54, 1.807) is 13.8 Å². The second-order valence-corrected chi connectivity index (χ2v) is 6.09. The molecule has 1 unspecified atom stereocenters. The van der Waals surface area contributed by atoms with E-state index in [-0.39, 0.29) is 18.6 Å². The summed E-state index contributed by atoms with van der Waals surface area (Å²) < 4.78 is 0. The zero-order valence-electron chi connectivity index (χ0n) is 14.0. The molecule has 1 atom stereocenters. The maximum absolute atomic E-state index is 11.7. The average molecular weight is 301 g/mol. The van der Waals surface area contributed by atoms with Gasteiger partial charge in [-0.2, -0.15) is 0 Å². The number of rotatable bonds is 10. The first-order valence-electron chi connectivity index (χ1n) is 7.73. The Hall–Kier alpha value is -1.30. The number of hydrogen-bond donors (Lipinski definition) is 3. The molecule has 0 aromatic carbocycles. The van der Waals surface area contributed by atoms with Crippen LogP contribution in [0.25, 0.3) is 0 Å². The van der Waals surface area contributed by atoms with Gasteiger partial charge in [-0.25, -0.2) is 4.79 Å². The van der Waals surface area contributed by atoms with Crippen molar-refractivity contribution in [2.45, 2.75) is 53.5 Å². The summed E-state index contributed by atoms with van der Waals surface area (Å²) in [5.74, 6) is -0.921. The summed E-state index contributed by atoms with van der Waals surface area (Å²) in [4.78, 5) is 25.0. The Morgan fingerprint density at radius 3 is 2.29 bits per heavy atom. The Bertz CT molecular complexity index is 328. The Balaban J connectivity index is 3.92. The molecule has 0 fully saturated rings. The van der Waals surface area contributed by atoms with Crippen LogP contribution < -0.4 is 10.6 Å². The topological polar surface area (TPSA) is 81.7 Å². The first kappa shape index (κ1) is 19.7. The second kappa shape index (κ2) is 9.60. The number of urea groups is 1. The number of aliphatic carboxylic acids is 1. The van der Waals surface area contributed by atoms with Crippen molar-refractivity contribution in [3.63, 3.8) is 0 Å². The van der Waals surface area contributed by atoms with Crippen molar-refractivity contribution < 1.29 is 14.7 Å². The summed E-state index contributed by atoms with van der Waals surface area (Å²) in [5.41, 5.74) is -0.955. The van der Waals surface area contributed by atoms with Crippen LogP contribution in [0.15, 0.2) is 0 Å². The molecule has 0 aliphatic carbocycles. The molecule has 21 heavy (non-hydrogen) atoms. The third-order valence-electron chi connectivity index (χ3n) is 3.65. The van der Waals surface area contributed by atoms with Crippen molar-refractivity contribution in [1.29, 1.82) is 0 Å². The lowest BCUT2D eigenvalue weighted by Gasteiger charge is -2.22. The number of carboxylic acid groups (broad SMARTS) is 1. The fraction of sp³-hybridized carbons (Fsp3) is 0.867. The third-order valence-corrected chi connectivity index (χ3v) is 3.65. The molecule has 0 radical (unpaired) electrons. The van der Waals surface area contributed by atoms with Crippen LogP contribution in [-0.4, -0.2) is 54.2 Å². The fourth-order valence-electron chi connectivity index (χ4n) is 1.88. The third kappa shape index (κ3) is 8.55. The number of nitrogens with one attached hydrogen (secondary N) is 2. The normalized spacial score (nSPS) is 13.0. The molecule has 3 N–H and O–H groups in total. The van der Waals surface area contributed by atoms with Gasteiger partial charge < -0.3 is 20.6 Å². The molecule has 0 aliphatic heterocycles. The van der Waals surface area contributed by atoms with Gasteiger partial charge in [-0.3, -0.25) is 4.79 Å². The molecule has 0 aromatic rings. The van der Waals surface area contributed by atoms with Gasteiger partial charge >= 0.3 is 12.0 Å². The zero-order chi connectivity index (χ0) is 16.5. The second-order valence-electron chi connectivity index (χ2n) is 6.09. The van der Waals surface area contributed by atoms with Gasteiger partial charge in [-0.05, 0) is 53.2 Å². The number of carbonyl (C=O) groups is 2. The van der Waals surface area contributed by atoms with E-state index in [1.807, 2.05) is 6.92 Å². The predicted octanol–water partition coefficient (Wildman–Crippen LogP) is 1.91.